The van der Waals surface area contributed by atoms with Gasteiger partial charge >= 0.3 is 0 Å². The number of aromatic nitrogens is 3. The van der Waals surface area contributed by atoms with Crippen LogP contribution < -0.4 is 4.72 Å². The zero-order valence-corrected chi connectivity index (χ0v) is 13.3. The molecule has 2 atom stereocenters. The fourth-order valence-corrected chi connectivity index (χ4v) is 4.67. The average Bonchev–Trinajstić information content (AvgIpc) is 3.23. The van der Waals surface area contributed by atoms with E-state index < -0.39 is 15.3 Å². The van der Waals surface area contributed by atoms with E-state index in [1.165, 1.54) is 0 Å². The van der Waals surface area contributed by atoms with E-state index in [9.17, 15) is 8.42 Å². The number of benzene rings is 2. The van der Waals surface area contributed by atoms with Gasteiger partial charge < -0.3 is 0 Å². The number of nitrogens with one attached hydrogen (secondary N) is 2. The van der Waals surface area contributed by atoms with Crippen LogP contribution in [0.2, 0.25) is 0 Å². The summed E-state index contributed by atoms with van der Waals surface area (Å²) in [5.74, 6) is 0.0607. The van der Waals surface area contributed by atoms with E-state index in [1.54, 1.807) is 0 Å². The van der Waals surface area contributed by atoms with Crippen molar-refractivity contribution in [3.63, 3.8) is 0 Å². The average molecular weight is 328 g/mol. The predicted octanol–water partition coefficient (Wildman–Crippen LogP) is 2.56. The molecule has 1 heterocycles. The van der Waals surface area contributed by atoms with Crippen molar-refractivity contribution in [3.05, 3.63) is 53.6 Å². The van der Waals surface area contributed by atoms with Gasteiger partial charge in [0.15, 0.2) is 0 Å². The van der Waals surface area contributed by atoms with E-state index in [1.807, 2.05) is 49.4 Å². The second-order valence-corrected chi connectivity index (χ2v) is 7.79. The van der Waals surface area contributed by atoms with E-state index in [2.05, 4.69) is 20.1 Å². The minimum atomic E-state index is -3.46. The number of sulfonamides is 1. The Balaban J connectivity index is 1.63. The number of nitrogens with zero attached hydrogens (tertiary/aromatic N) is 2. The lowest BCUT2D eigenvalue weighted by Gasteiger charge is -2.10. The van der Waals surface area contributed by atoms with Gasteiger partial charge in [0.05, 0.1) is 10.9 Å². The molecule has 7 heteroatoms. The summed E-state index contributed by atoms with van der Waals surface area (Å²) in [6.45, 7) is 1.85. The zero-order valence-electron chi connectivity index (χ0n) is 12.5. The lowest BCUT2D eigenvalue weighted by atomic mass is 10.1. The van der Waals surface area contributed by atoms with Gasteiger partial charge in [-0.05, 0) is 30.5 Å². The van der Waals surface area contributed by atoms with Crippen molar-refractivity contribution in [2.45, 2.75) is 24.5 Å². The Labute approximate surface area is 134 Å². The number of aryl methyl sites for hydroxylation is 1. The number of hydrogen-bond acceptors (Lipinski definition) is 4. The van der Waals surface area contributed by atoms with Crippen LogP contribution in [0.25, 0.3) is 11.0 Å². The minimum absolute atomic E-state index is 0.0607. The normalized spacial score (nSPS) is 20.6. The van der Waals surface area contributed by atoms with Crippen molar-refractivity contribution in [1.82, 2.24) is 15.4 Å². The van der Waals surface area contributed by atoms with Crippen molar-refractivity contribution in [2.75, 3.05) is 4.72 Å². The predicted molar refractivity (Wildman–Crippen MR) is 88.8 cm³/mol. The first-order chi connectivity index (χ1) is 11.1. The highest BCUT2D eigenvalue weighted by Gasteiger charge is 2.48. The first kappa shape index (κ1) is 14.2. The first-order valence-corrected chi connectivity index (χ1v) is 8.97. The number of H-pyrrole nitrogens is 1. The molecule has 1 aliphatic carbocycles. The van der Waals surface area contributed by atoms with E-state index >= 15 is 0 Å². The molecule has 0 bridgehead atoms. The highest BCUT2D eigenvalue weighted by molar-refractivity contribution is 7.93. The third kappa shape index (κ3) is 2.46. The highest BCUT2D eigenvalue weighted by atomic mass is 32.2. The van der Waals surface area contributed by atoms with E-state index in [4.69, 9.17) is 0 Å². The monoisotopic (exact) mass is 328 g/mol. The van der Waals surface area contributed by atoms with Gasteiger partial charge in [0.25, 0.3) is 0 Å². The number of hydrogen-bond donors (Lipinski definition) is 2. The van der Waals surface area contributed by atoms with Crippen LogP contribution in [-0.4, -0.2) is 29.1 Å². The van der Waals surface area contributed by atoms with Crippen LogP contribution in [0.15, 0.2) is 42.5 Å². The van der Waals surface area contributed by atoms with Crippen LogP contribution in [0.3, 0.4) is 0 Å². The molecule has 3 aromatic rings. The van der Waals surface area contributed by atoms with Crippen molar-refractivity contribution in [2.24, 2.45) is 0 Å². The summed E-state index contributed by atoms with van der Waals surface area (Å²) in [6, 6.07) is 13.4. The van der Waals surface area contributed by atoms with Gasteiger partial charge in [-0.2, -0.15) is 15.4 Å². The lowest BCUT2D eigenvalue weighted by molar-refractivity contribution is 0.599. The molecule has 4 rings (SSSR count). The molecule has 6 nitrogen and oxygen atoms in total. The van der Waals surface area contributed by atoms with Crippen LogP contribution in [-0.2, 0) is 10.0 Å². The van der Waals surface area contributed by atoms with Gasteiger partial charge in [-0.25, -0.2) is 8.42 Å². The smallest absolute Gasteiger partial charge is 0.236 e. The molecule has 0 spiro atoms. The van der Waals surface area contributed by atoms with Crippen LogP contribution in [0.5, 0.6) is 0 Å². The third-order valence-electron chi connectivity index (χ3n) is 4.30. The number of fused-ring (bicyclic) bond motifs is 1. The summed E-state index contributed by atoms with van der Waals surface area (Å²) in [5.41, 5.74) is 3.59. The molecule has 1 fully saturated rings. The van der Waals surface area contributed by atoms with Gasteiger partial charge in [-0.15, -0.1) is 0 Å². The Morgan fingerprint density at radius 1 is 1.13 bits per heavy atom. The largest absolute Gasteiger partial charge is 0.281 e. The summed E-state index contributed by atoms with van der Waals surface area (Å²) >= 11 is 0. The number of rotatable bonds is 4. The van der Waals surface area contributed by atoms with Gasteiger partial charge in [0.2, 0.25) is 10.0 Å². The minimum Gasteiger partial charge on any atom is -0.281 e. The molecule has 1 saturated carbocycles. The SMILES string of the molecule is Cc1ccc2n[nH]nc2c1NS(=O)(=O)C1CC1c1ccccc1. The molecule has 0 saturated heterocycles. The molecule has 0 radical (unpaired) electrons. The number of aromatic amines is 1. The zero-order chi connectivity index (χ0) is 16.0. The van der Waals surface area contributed by atoms with Gasteiger partial charge in [0, 0.05) is 5.92 Å². The van der Waals surface area contributed by atoms with Gasteiger partial charge in [0.1, 0.15) is 11.0 Å². The molecule has 2 aromatic carbocycles. The summed E-state index contributed by atoms with van der Waals surface area (Å²) in [4.78, 5) is 0. The van der Waals surface area contributed by atoms with Gasteiger partial charge in [-0.1, -0.05) is 36.4 Å². The van der Waals surface area contributed by atoms with Crippen molar-refractivity contribution >= 4 is 26.7 Å². The highest BCUT2D eigenvalue weighted by Crippen LogP contribution is 2.46. The summed E-state index contributed by atoms with van der Waals surface area (Å²) < 4.78 is 28.1. The second-order valence-electron chi connectivity index (χ2n) is 5.89. The Morgan fingerprint density at radius 3 is 2.70 bits per heavy atom. The maximum absolute atomic E-state index is 12.7. The molecule has 0 amide bonds. The molecular weight excluding hydrogens is 312 g/mol. The van der Waals surface area contributed by atoms with E-state index in [0.717, 1.165) is 11.1 Å². The molecule has 1 aliphatic rings. The van der Waals surface area contributed by atoms with Crippen LogP contribution in [0.1, 0.15) is 23.5 Å². The Morgan fingerprint density at radius 2 is 1.91 bits per heavy atom. The maximum atomic E-state index is 12.7. The summed E-state index contributed by atoms with van der Waals surface area (Å²) in [5, 5.41) is 10.2. The van der Waals surface area contributed by atoms with Gasteiger partial charge in [-0.3, -0.25) is 4.72 Å². The van der Waals surface area contributed by atoms with Crippen LogP contribution in [0, 0.1) is 6.92 Å². The quantitative estimate of drug-likeness (QED) is 0.770. The summed E-state index contributed by atoms with van der Waals surface area (Å²) in [6.07, 6.45) is 0.646. The van der Waals surface area contributed by atoms with E-state index in [0.29, 0.717) is 23.1 Å². The number of anilines is 1. The van der Waals surface area contributed by atoms with Crippen LogP contribution >= 0.6 is 0 Å². The maximum Gasteiger partial charge on any atom is 0.236 e. The first-order valence-electron chi connectivity index (χ1n) is 7.43. The van der Waals surface area contributed by atoms with Crippen molar-refractivity contribution in [1.29, 1.82) is 0 Å². The molecule has 1 aromatic heterocycles. The third-order valence-corrected chi connectivity index (χ3v) is 6.11. The Kier molecular flexibility index (Phi) is 3.12. The standard InChI is InChI=1S/C16H16N4O2S/c1-10-7-8-13-16(18-20-17-13)15(10)19-23(21,22)14-9-12(14)11-5-3-2-4-6-11/h2-8,12,14,19H,9H2,1H3,(H,17,18,20). The van der Waals surface area contributed by atoms with Crippen LogP contribution in [0.4, 0.5) is 5.69 Å². The molecule has 2 unspecified atom stereocenters. The Hall–Kier alpha value is -2.41. The molecular formula is C16H16N4O2S. The fourth-order valence-electron chi connectivity index (χ4n) is 2.93. The van der Waals surface area contributed by atoms with Crippen molar-refractivity contribution in [3.8, 4) is 0 Å². The second kappa shape index (κ2) is 5.06. The topological polar surface area (TPSA) is 87.7 Å². The fraction of sp³-hybridized carbons (Fsp3) is 0.250. The lowest BCUT2D eigenvalue weighted by Crippen LogP contribution is -2.19. The van der Waals surface area contributed by atoms with Crippen molar-refractivity contribution < 1.29 is 8.42 Å². The molecule has 2 N–H and O–H groups in total. The summed E-state index contributed by atoms with van der Waals surface area (Å²) in [7, 11) is -3.46. The Bertz CT molecular complexity index is 966. The van der Waals surface area contributed by atoms with E-state index in [-0.39, 0.29) is 5.92 Å². The molecule has 23 heavy (non-hydrogen) atoms. The molecule has 0 aliphatic heterocycles. The molecule has 118 valence electrons.